The molecule has 0 radical (unpaired) electrons. The highest BCUT2D eigenvalue weighted by Crippen LogP contribution is 2.28. The Morgan fingerprint density at radius 2 is 1.83 bits per heavy atom. The van der Waals surface area contributed by atoms with Crippen molar-refractivity contribution in [1.82, 2.24) is 8.87 Å². The Balaban J connectivity index is 1.89. The molecule has 0 spiro atoms. The van der Waals surface area contributed by atoms with Crippen LogP contribution in [0.1, 0.15) is 18.9 Å². The molecular formula is C22H28N2O4S. The van der Waals surface area contributed by atoms with Gasteiger partial charge in [0.2, 0.25) is 0 Å². The molecular weight excluding hydrogens is 388 g/mol. The predicted octanol–water partition coefficient (Wildman–Crippen LogP) is 3.92. The SMILES string of the molecule is CCOc1ccc2c(ccn2S(=O)(=O)c2ccc(C)c(OCCCN(C)C)c2)c1. The topological polar surface area (TPSA) is 60.8 Å². The smallest absolute Gasteiger partial charge is 0.268 e. The van der Waals surface area contributed by atoms with Crippen LogP contribution in [0.5, 0.6) is 11.5 Å². The summed E-state index contributed by atoms with van der Waals surface area (Å²) in [6.07, 6.45) is 2.45. The van der Waals surface area contributed by atoms with E-state index in [2.05, 4.69) is 4.90 Å². The van der Waals surface area contributed by atoms with Crippen molar-refractivity contribution >= 4 is 20.9 Å². The zero-order valence-electron chi connectivity index (χ0n) is 17.4. The molecule has 3 aromatic rings. The van der Waals surface area contributed by atoms with E-state index in [-0.39, 0.29) is 4.90 Å². The summed E-state index contributed by atoms with van der Waals surface area (Å²) in [7, 11) is 0.279. The first-order valence-electron chi connectivity index (χ1n) is 9.70. The molecule has 0 aliphatic carbocycles. The molecule has 1 heterocycles. The minimum Gasteiger partial charge on any atom is -0.494 e. The minimum absolute atomic E-state index is 0.206. The summed E-state index contributed by atoms with van der Waals surface area (Å²) in [4.78, 5) is 2.29. The summed E-state index contributed by atoms with van der Waals surface area (Å²) >= 11 is 0. The lowest BCUT2D eigenvalue weighted by Gasteiger charge is -2.14. The van der Waals surface area contributed by atoms with Gasteiger partial charge in [0.25, 0.3) is 10.0 Å². The van der Waals surface area contributed by atoms with Crippen LogP contribution in [0.2, 0.25) is 0 Å². The Morgan fingerprint density at radius 3 is 2.55 bits per heavy atom. The highest BCUT2D eigenvalue weighted by Gasteiger charge is 2.20. The number of benzene rings is 2. The molecule has 0 amide bonds. The maximum Gasteiger partial charge on any atom is 0.268 e. The van der Waals surface area contributed by atoms with Crippen molar-refractivity contribution in [2.24, 2.45) is 0 Å². The first-order valence-corrected chi connectivity index (χ1v) is 11.1. The van der Waals surface area contributed by atoms with Crippen LogP contribution in [0.25, 0.3) is 10.9 Å². The van der Waals surface area contributed by atoms with Crippen LogP contribution in [0.15, 0.2) is 53.6 Å². The van der Waals surface area contributed by atoms with E-state index in [1.807, 2.05) is 34.0 Å². The summed E-state index contributed by atoms with van der Waals surface area (Å²) in [5.41, 5.74) is 1.52. The quantitative estimate of drug-likeness (QED) is 0.495. The Bertz CT molecular complexity index is 1090. The summed E-state index contributed by atoms with van der Waals surface area (Å²) in [6, 6.07) is 12.2. The molecule has 0 aliphatic heterocycles. The highest BCUT2D eigenvalue weighted by atomic mass is 32.2. The highest BCUT2D eigenvalue weighted by molar-refractivity contribution is 7.90. The van der Waals surface area contributed by atoms with Crippen LogP contribution in [0, 0.1) is 6.92 Å². The fourth-order valence-corrected chi connectivity index (χ4v) is 4.50. The molecule has 156 valence electrons. The van der Waals surface area contributed by atoms with Crippen molar-refractivity contribution in [3.8, 4) is 11.5 Å². The molecule has 0 fully saturated rings. The molecule has 3 rings (SSSR count). The van der Waals surface area contributed by atoms with Crippen molar-refractivity contribution in [3.05, 3.63) is 54.2 Å². The van der Waals surface area contributed by atoms with E-state index in [0.717, 1.165) is 29.7 Å². The summed E-state index contributed by atoms with van der Waals surface area (Å²) in [6.45, 7) is 5.84. The van der Waals surface area contributed by atoms with E-state index < -0.39 is 10.0 Å². The van der Waals surface area contributed by atoms with Gasteiger partial charge in [-0.25, -0.2) is 12.4 Å². The largest absolute Gasteiger partial charge is 0.494 e. The first-order chi connectivity index (χ1) is 13.8. The Morgan fingerprint density at radius 1 is 1.03 bits per heavy atom. The fourth-order valence-electron chi connectivity index (χ4n) is 3.13. The van der Waals surface area contributed by atoms with Crippen LogP contribution in [0.4, 0.5) is 0 Å². The molecule has 0 N–H and O–H groups in total. The number of ether oxygens (including phenoxy) is 2. The lowest BCUT2D eigenvalue weighted by atomic mass is 10.2. The second-order valence-corrected chi connectivity index (χ2v) is 9.02. The molecule has 0 atom stereocenters. The third kappa shape index (κ3) is 4.74. The van der Waals surface area contributed by atoms with Crippen molar-refractivity contribution in [1.29, 1.82) is 0 Å². The molecule has 0 saturated heterocycles. The normalized spacial score (nSPS) is 11.9. The molecule has 1 aromatic heterocycles. The predicted molar refractivity (Wildman–Crippen MR) is 116 cm³/mol. The standard InChI is InChI=1S/C22H28N2O4S/c1-5-27-19-8-10-21-18(15-19)11-13-24(21)29(25,26)20-9-7-17(2)22(16-20)28-14-6-12-23(3)4/h7-11,13,15-16H,5-6,12,14H2,1-4H3. The van der Waals surface area contributed by atoms with Gasteiger partial charge in [-0.15, -0.1) is 0 Å². The van der Waals surface area contributed by atoms with Gasteiger partial charge in [0, 0.05) is 24.2 Å². The van der Waals surface area contributed by atoms with Gasteiger partial charge in [0.15, 0.2) is 0 Å². The van der Waals surface area contributed by atoms with Crippen molar-refractivity contribution in [3.63, 3.8) is 0 Å². The van der Waals surface area contributed by atoms with Gasteiger partial charge in [0.05, 0.1) is 23.6 Å². The molecule has 6 nitrogen and oxygen atoms in total. The average Bonchev–Trinajstić information content (AvgIpc) is 3.10. The third-order valence-corrected chi connectivity index (χ3v) is 6.35. The van der Waals surface area contributed by atoms with E-state index in [9.17, 15) is 8.42 Å². The second kappa shape index (κ2) is 8.88. The second-order valence-electron chi connectivity index (χ2n) is 7.20. The van der Waals surface area contributed by atoms with E-state index in [1.54, 1.807) is 42.6 Å². The number of nitrogens with zero attached hydrogens (tertiary/aromatic N) is 2. The van der Waals surface area contributed by atoms with Crippen LogP contribution >= 0.6 is 0 Å². The number of aryl methyl sites for hydroxylation is 1. The number of aromatic nitrogens is 1. The molecule has 7 heteroatoms. The van der Waals surface area contributed by atoms with E-state index in [1.165, 1.54) is 3.97 Å². The number of hydrogen-bond acceptors (Lipinski definition) is 5. The number of fused-ring (bicyclic) bond motifs is 1. The zero-order chi connectivity index (χ0) is 21.0. The van der Waals surface area contributed by atoms with Gasteiger partial charge in [-0.3, -0.25) is 0 Å². The molecule has 29 heavy (non-hydrogen) atoms. The summed E-state index contributed by atoms with van der Waals surface area (Å²) in [5.74, 6) is 1.32. The maximum atomic E-state index is 13.3. The Labute approximate surface area is 172 Å². The van der Waals surface area contributed by atoms with Gasteiger partial charge in [0.1, 0.15) is 11.5 Å². The van der Waals surface area contributed by atoms with Gasteiger partial charge < -0.3 is 14.4 Å². The van der Waals surface area contributed by atoms with Crippen LogP contribution in [0.3, 0.4) is 0 Å². The van der Waals surface area contributed by atoms with Gasteiger partial charge in [-0.1, -0.05) is 6.07 Å². The molecule has 0 aliphatic rings. The average molecular weight is 417 g/mol. The van der Waals surface area contributed by atoms with Crippen molar-refractivity contribution in [2.75, 3.05) is 33.9 Å². The van der Waals surface area contributed by atoms with Crippen LogP contribution < -0.4 is 9.47 Å². The van der Waals surface area contributed by atoms with Gasteiger partial charge >= 0.3 is 0 Å². The van der Waals surface area contributed by atoms with Crippen molar-refractivity contribution in [2.45, 2.75) is 25.2 Å². The number of rotatable bonds is 9. The molecule has 0 bridgehead atoms. The lowest BCUT2D eigenvalue weighted by Crippen LogP contribution is -2.16. The van der Waals surface area contributed by atoms with Crippen LogP contribution in [-0.4, -0.2) is 51.1 Å². The fraction of sp³-hybridized carbons (Fsp3) is 0.364. The summed E-state index contributed by atoms with van der Waals surface area (Å²) in [5, 5.41) is 0.812. The maximum absolute atomic E-state index is 13.3. The Kier molecular flexibility index (Phi) is 6.49. The Hall–Kier alpha value is -2.51. The molecule has 0 saturated carbocycles. The van der Waals surface area contributed by atoms with Crippen molar-refractivity contribution < 1.29 is 17.9 Å². The van der Waals surface area contributed by atoms with Gasteiger partial charge in [-0.05, 0) is 70.3 Å². The van der Waals surface area contributed by atoms with Crippen LogP contribution in [-0.2, 0) is 10.0 Å². The molecule has 2 aromatic carbocycles. The summed E-state index contributed by atoms with van der Waals surface area (Å²) < 4.78 is 39.2. The number of hydrogen-bond donors (Lipinski definition) is 0. The zero-order valence-corrected chi connectivity index (χ0v) is 18.2. The first kappa shape index (κ1) is 21.2. The van der Waals surface area contributed by atoms with E-state index in [0.29, 0.717) is 24.5 Å². The monoisotopic (exact) mass is 416 g/mol. The lowest BCUT2D eigenvalue weighted by molar-refractivity contribution is 0.279. The van der Waals surface area contributed by atoms with Gasteiger partial charge in [-0.2, -0.15) is 0 Å². The van der Waals surface area contributed by atoms with E-state index in [4.69, 9.17) is 9.47 Å². The molecule has 0 unspecified atom stereocenters. The third-order valence-electron chi connectivity index (χ3n) is 4.66. The minimum atomic E-state index is -3.74. The van der Waals surface area contributed by atoms with E-state index >= 15 is 0 Å².